The van der Waals surface area contributed by atoms with Crippen molar-refractivity contribution < 1.29 is 0 Å². The molecule has 0 aromatic carbocycles. The van der Waals surface area contributed by atoms with E-state index in [1.807, 2.05) is 19.2 Å². The van der Waals surface area contributed by atoms with E-state index >= 15 is 0 Å². The third kappa shape index (κ3) is 2.21. The summed E-state index contributed by atoms with van der Waals surface area (Å²) in [4.78, 5) is 8.81. The summed E-state index contributed by atoms with van der Waals surface area (Å²) >= 11 is 0. The van der Waals surface area contributed by atoms with E-state index in [-0.39, 0.29) is 0 Å². The Kier molecular flexibility index (Phi) is 2.50. The van der Waals surface area contributed by atoms with E-state index in [2.05, 4.69) is 42.0 Å². The van der Waals surface area contributed by atoms with Crippen LogP contribution in [0.25, 0.3) is 11.4 Å². The van der Waals surface area contributed by atoms with Crippen molar-refractivity contribution in [3.05, 3.63) is 47.3 Å². The molecule has 0 aliphatic heterocycles. The molecular formula is C13H14N2. The quantitative estimate of drug-likeness (QED) is 0.703. The van der Waals surface area contributed by atoms with Crippen LogP contribution in [0.3, 0.4) is 0 Å². The molecule has 0 aliphatic rings. The minimum atomic E-state index is 0.946. The number of hydrogen-bond acceptors (Lipinski definition) is 2. The number of hydrogen-bond donors (Lipinski definition) is 0. The van der Waals surface area contributed by atoms with Gasteiger partial charge in [-0.25, -0.2) is 0 Å². The Balaban J connectivity index is 2.54. The standard InChI is InChI=1S/C13H14N2/c1-9-4-5-14-12(7-9)13-8-10(2)6-11(3)15-13/h4-8H,1-3H3. The van der Waals surface area contributed by atoms with Gasteiger partial charge in [0.05, 0.1) is 11.4 Å². The SMILES string of the molecule is Cc1ccnc(-c2cc(C)cc(C)n2)c1. The van der Waals surface area contributed by atoms with Crippen LogP contribution < -0.4 is 0 Å². The van der Waals surface area contributed by atoms with Crippen molar-refractivity contribution in [2.24, 2.45) is 0 Å². The van der Waals surface area contributed by atoms with Crippen LogP contribution in [0, 0.1) is 20.8 Å². The van der Waals surface area contributed by atoms with E-state index in [1.54, 1.807) is 0 Å². The van der Waals surface area contributed by atoms with E-state index in [0.29, 0.717) is 0 Å². The van der Waals surface area contributed by atoms with E-state index in [9.17, 15) is 0 Å². The number of aryl methyl sites for hydroxylation is 3. The van der Waals surface area contributed by atoms with Crippen molar-refractivity contribution in [2.75, 3.05) is 0 Å². The maximum atomic E-state index is 4.48. The zero-order chi connectivity index (χ0) is 10.8. The van der Waals surface area contributed by atoms with Crippen molar-refractivity contribution >= 4 is 0 Å². The molecule has 0 spiro atoms. The summed E-state index contributed by atoms with van der Waals surface area (Å²) in [5.41, 5.74) is 5.37. The average molecular weight is 198 g/mol. The van der Waals surface area contributed by atoms with Crippen molar-refractivity contribution in [3.63, 3.8) is 0 Å². The molecule has 0 saturated heterocycles. The van der Waals surface area contributed by atoms with E-state index in [1.165, 1.54) is 11.1 Å². The molecule has 2 heterocycles. The highest BCUT2D eigenvalue weighted by atomic mass is 14.8. The largest absolute Gasteiger partial charge is 0.255 e. The molecule has 15 heavy (non-hydrogen) atoms. The van der Waals surface area contributed by atoms with Gasteiger partial charge in [-0.05, 0) is 56.2 Å². The zero-order valence-corrected chi connectivity index (χ0v) is 9.28. The van der Waals surface area contributed by atoms with Crippen LogP contribution in [0.1, 0.15) is 16.8 Å². The summed E-state index contributed by atoms with van der Waals surface area (Å²) < 4.78 is 0. The molecule has 2 heteroatoms. The molecule has 0 saturated carbocycles. The lowest BCUT2D eigenvalue weighted by atomic mass is 10.1. The van der Waals surface area contributed by atoms with Crippen molar-refractivity contribution in [1.29, 1.82) is 0 Å². The van der Waals surface area contributed by atoms with Crippen molar-refractivity contribution in [2.45, 2.75) is 20.8 Å². The molecule has 0 amide bonds. The van der Waals surface area contributed by atoms with Crippen LogP contribution >= 0.6 is 0 Å². The molecule has 0 fully saturated rings. The second-order valence-corrected chi connectivity index (χ2v) is 3.89. The van der Waals surface area contributed by atoms with Gasteiger partial charge in [-0.15, -0.1) is 0 Å². The van der Waals surface area contributed by atoms with Gasteiger partial charge in [0.2, 0.25) is 0 Å². The molecule has 0 radical (unpaired) electrons. The molecule has 2 rings (SSSR count). The topological polar surface area (TPSA) is 25.8 Å². The van der Waals surface area contributed by atoms with Crippen LogP contribution in [-0.4, -0.2) is 9.97 Å². The second kappa shape index (κ2) is 3.81. The lowest BCUT2D eigenvalue weighted by Gasteiger charge is -2.03. The zero-order valence-electron chi connectivity index (χ0n) is 9.28. The van der Waals surface area contributed by atoms with E-state index < -0.39 is 0 Å². The molecule has 0 atom stereocenters. The molecule has 0 N–H and O–H groups in total. The van der Waals surface area contributed by atoms with Crippen molar-refractivity contribution in [1.82, 2.24) is 9.97 Å². The average Bonchev–Trinajstić information content (AvgIpc) is 2.16. The third-order valence-electron chi connectivity index (χ3n) is 2.28. The Hall–Kier alpha value is -1.70. The normalized spacial score (nSPS) is 10.3. The number of nitrogens with zero attached hydrogens (tertiary/aromatic N) is 2. The van der Waals surface area contributed by atoms with Crippen LogP contribution in [0.15, 0.2) is 30.5 Å². The Labute approximate surface area is 90.0 Å². The first-order valence-electron chi connectivity index (χ1n) is 5.03. The minimum Gasteiger partial charge on any atom is -0.255 e. The van der Waals surface area contributed by atoms with Crippen LogP contribution in [0.2, 0.25) is 0 Å². The summed E-state index contributed by atoms with van der Waals surface area (Å²) in [7, 11) is 0. The summed E-state index contributed by atoms with van der Waals surface area (Å²) in [6, 6.07) is 8.18. The molecule has 2 aromatic rings. The first kappa shape index (κ1) is 9.84. The number of rotatable bonds is 1. The van der Waals surface area contributed by atoms with Gasteiger partial charge >= 0.3 is 0 Å². The summed E-state index contributed by atoms with van der Waals surface area (Å²) in [6.45, 7) is 6.15. The van der Waals surface area contributed by atoms with Crippen LogP contribution in [0.4, 0.5) is 0 Å². The molecule has 2 aromatic heterocycles. The Morgan fingerprint density at radius 3 is 2.27 bits per heavy atom. The highest BCUT2D eigenvalue weighted by molar-refractivity contribution is 5.56. The molecule has 0 aliphatic carbocycles. The highest BCUT2D eigenvalue weighted by Gasteiger charge is 2.02. The summed E-state index contributed by atoms with van der Waals surface area (Å²) in [5.74, 6) is 0. The molecule has 2 nitrogen and oxygen atoms in total. The molecule has 0 bridgehead atoms. The smallest absolute Gasteiger partial charge is 0.0892 e. The maximum absolute atomic E-state index is 4.48. The summed E-state index contributed by atoms with van der Waals surface area (Å²) in [6.07, 6.45) is 1.82. The van der Waals surface area contributed by atoms with Crippen molar-refractivity contribution in [3.8, 4) is 11.4 Å². The van der Waals surface area contributed by atoms with Gasteiger partial charge in [0.1, 0.15) is 0 Å². The highest BCUT2D eigenvalue weighted by Crippen LogP contribution is 2.17. The minimum absolute atomic E-state index is 0.946. The molecule has 0 unspecified atom stereocenters. The number of aromatic nitrogens is 2. The van der Waals surface area contributed by atoms with E-state index in [0.717, 1.165) is 17.1 Å². The fourth-order valence-corrected chi connectivity index (χ4v) is 1.65. The Morgan fingerprint density at radius 1 is 0.867 bits per heavy atom. The monoisotopic (exact) mass is 198 g/mol. The van der Waals surface area contributed by atoms with Crippen LogP contribution in [-0.2, 0) is 0 Å². The van der Waals surface area contributed by atoms with Gasteiger partial charge in [0.15, 0.2) is 0 Å². The van der Waals surface area contributed by atoms with Gasteiger partial charge in [-0.2, -0.15) is 0 Å². The lowest BCUT2D eigenvalue weighted by Crippen LogP contribution is -1.91. The van der Waals surface area contributed by atoms with Gasteiger partial charge in [-0.3, -0.25) is 9.97 Å². The fraction of sp³-hybridized carbons (Fsp3) is 0.231. The lowest BCUT2D eigenvalue weighted by molar-refractivity contribution is 1.15. The fourth-order valence-electron chi connectivity index (χ4n) is 1.65. The Morgan fingerprint density at radius 2 is 1.60 bits per heavy atom. The Bertz CT molecular complexity index is 469. The predicted molar refractivity (Wildman–Crippen MR) is 61.7 cm³/mol. The maximum Gasteiger partial charge on any atom is 0.0892 e. The van der Waals surface area contributed by atoms with Gasteiger partial charge in [-0.1, -0.05) is 0 Å². The van der Waals surface area contributed by atoms with E-state index in [4.69, 9.17) is 0 Å². The van der Waals surface area contributed by atoms with Gasteiger partial charge in [0, 0.05) is 11.9 Å². The summed E-state index contributed by atoms with van der Waals surface area (Å²) in [5, 5.41) is 0. The van der Waals surface area contributed by atoms with Crippen LogP contribution in [0.5, 0.6) is 0 Å². The third-order valence-corrected chi connectivity index (χ3v) is 2.28. The first-order chi connectivity index (χ1) is 7.15. The second-order valence-electron chi connectivity index (χ2n) is 3.89. The van der Waals surface area contributed by atoms with Gasteiger partial charge < -0.3 is 0 Å². The molecular weight excluding hydrogens is 184 g/mol. The predicted octanol–water partition coefficient (Wildman–Crippen LogP) is 3.07. The first-order valence-corrected chi connectivity index (χ1v) is 5.03. The number of pyridine rings is 2. The van der Waals surface area contributed by atoms with Gasteiger partial charge in [0.25, 0.3) is 0 Å². The molecule has 76 valence electrons.